The number of methoxy groups -OCH3 is 1. The van der Waals surface area contributed by atoms with Crippen LogP contribution in [0, 0.1) is 10.1 Å². The summed E-state index contributed by atoms with van der Waals surface area (Å²) in [6, 6.07) is 14.8. The van der Waals surface area contributed by atoms with Crippen LogP contribution < -0.4 is 9.47 Å². The highest BCUT2D eigenvalue weighted by Gasteiger charge is 2.24. The zero-order chi connectivity index (χ0) is 21.3. The smallest absolute Gasteiger partial charge is 0.269 e. The van der Waals surface area contributed by atoms with Crippen molar-refractivity contribution in [2.45, 2.75) is 50.8 Å². The van der Waals surface area contributed by atoms with Gasteiger partial charge in [0.05, 0.1) is 24.7 Å². The molecular weight excluding hydrogens is 384 g/mol. The quantitative estimate of drug-likeness (QED) is 0.357. The minimum absolute atomic E-state index is 0.0614. The van der Waals surface area contributed by atoms with E-state index in [1.54, 1.807) is 19.2 Å². The van der Waals surface area contributed by atoms with Gasteiger partial charge in [-0.15, -0.1) is 0 Å². The molecule has 0 aliphatic heterocycles. The van der Waals surface area contributed by atoms with E-state index in [9.17, 15) is 15.2 Å². The molecule has 7 heteroatoms. The lowest BCUT2D eigenvalue weighted by Gasteiger charge is -2.36. The molecule has 1 N–H and O–H groups in total. The molecule has 1 fully saturated rings. The second-order valence-corrected chi connectivity index (χ2v) is 7.74. The van der Waals surface area contributed by atoms with Crippen molar-refractivity contribution in [1.82, 2.24) is 4.90 Å². The van der Waals surface area contributed by atoms with Crippen LogP contribution in [0.1, 0.15) is 37.7 Å². The number of hydrogen-bond donors (Lipinski definition) is 1. The Bertz CT molecular complexity index is 803. The van der Waals surface area contributed by atoms with Crippen LogP contribution in [0.5, 0.6) is 11.5 Å². The molecule has 0 saturated heterocycles. The maximum atomic E-state index is 10.7. The average Bonchev–Trinajstić information content (AvgIpc) is 2.77. The van der Waals surface area contributed by atoms with Gasteiger partial charge in [0.1, 0.15) is 11.5 Å². The maximum Gasteiger partial charge on any atom is 0.269 e. The summed E-state index contributed by atoms with van der Waals surface area (Å²) in [6.07, 6.45) is 4.35. The highest BCUT2D eigenvalue weighted by Crippen LogP contribution is 2.26. The number of nitro groups is 1. The number of non-ortho nitro benzene ring substituents is 1. The molecule has 0 aromatic heterocycles. The van der Waals surface area contributed by atoms with Crippen LogP contribution >= 0.6 is 0 Å². The molecule has 3 rings (SSSR count). The minimum Gasteiger partial charge on any atom is -0.497 e. The standard InChI is InChI=1S/C23H30N2O5/c1-29-23-5-2-4-18(16-23)17-24(19-6-10-21(26)11-7-19)14-3-15-30-22-12-8-20(9-13-22)25(27)28/h2,4-5,8-9,12-13,16,19,21,26H,3,6-7,10-11,14-15,17H2,1H3. The Morgan fingerprint density at radius 1 is 1.10 bits per heavy atom. The first-order valence-corrected chi connectivity index (χ1v) is 10.5. The summed E-state index contributed by atoms with van der Waals surface area (Å²) in [7, 11) is 1.68. The van der Waals surface area contributed by atoms with Gasteiger partial charge in [0.25, 0.3) is 5.69 Å². The normalized spacial score (nSPS) is 18.9. The molecule has 0 spiro atoms. The molecule has 1 aliphatic rings. The lowest BCUT2D eigenvalue weighted by atomic mass is 9.91. The van der Waals surface area contributed by atoms with Gasteiger partial charge in [-0.2, -0.15) is 0 Å². The summed E-state index contributed by atoms with van der Waals surface area (Å²) >= 11 is 0. The zero-order valence-corrected chi connectivity index (χ0v) is 17.4. The van der Waals surface area contributed by atoms with Crippen LogP contribution in [0.15, 0.2) is 48.5 Å². The van der Waals surface area contributed by atoms with Crippen molar-refractivity contribution in [2.75, 3.05) is 20.3 Å². The fourth-order valence-electron chi connectivity index (χ4n) is 3.94. The van der Waals surface area contributed by atoms with Crippen LogP contribution in [0.4, 0.5) is 5.69 Å². The molecule has 0 heterocycles. The van der Waals surface area contributed by atoms with Crippen LogP contribution in [-0.4, -0.2) is 47.3 Å². The molecule has 1 saturated carbocycles. The fourth-order valence-corrected chi connectivity index (χ4v) is 3.94. The zero-order valence-electron chi connectivity index (χ0n) is 17.4. The van der Waals surface area contributed by atoms with Gasteiger partial charge in [-0.05, 0) is 61.9 Å². The van der Waals surface area contributed by atoms with Gasteiger partial charge in [0.2, 0.25) is 0 Å². The van der Waals surface area contributed by atoms with Crippen molar-refractivity contribution in [2.24, 2.45) is 0 Å². The molecule has 0 amide bonds. The van der Waals surface area contributed by atoms with Crippen LogP contribution in [0.2, 0.25) is 0 Å². The van der Waals surface area contributed by atoms with Crippen molar-refractivity contribution in [3.63, 3.8) is 0 Å². The lowest BCUT2D eigenvalue weighted by molar-refractivity contribution is -0.384. The van der Waals surface area contributed by atoms with Crippen molar-refractivity contribution in [3.05, 3.63) is 64.2 Å². The highest BCUT2D eigenvalue weighted by atomic mass is 16.6. The number of benzene rings is 2. The lowest BCUT2D eigenvalue weighted by Crippen LogP contribution is -2.39. The van der Waals surface area contributed by atoms with Crippen LogP contribution in [0.3, 0.4) is 0 Å². The van der Waals surface area contributed by atoms with E-state index >= 15 is 0 Å². The Labute approximate surface area is 177 Å². The Morgan fingerprint density at radius 2 is 1.83 bits per heavy atom. The van der Waals surface area contributed by atoms with Crippen LogP contribution in [0.25, 0.3) is 0 Å². The summed E-state index contributed by atoms with van der Waals surface area (Å²) in [5, 5.41) is 20.6. The Balaban J connectivity index is 1.55. The van der Waals surface area contributed by atoms with Gasteiger partial charge >= 0.3 is 0 Å². The van der Waals surface area contributed by atoms with E-state index in [1.807, 2.05) is 12.1 Å². The largest absolute Gasteiger partial charge is 0.497 e. The van der Waals surface area contributed by atoms with E-state index < -0.39 is 4.92 Å². The average molecular weight is 415 g/mol. The number of aliphatic hydroxyl groups excluding tert-OH is 1. The molecule has 1 aliphatic carbocycles. The second-order valence-electron chi connectivity index (χ2n) is 7.74. The third-order valence-corrected chi connectivity index (χ3v) is 5.61. The van der Waals surface area contributed by atoms with E-state index in [0.29, 0.717) is 18.4 Å². The highest BCUT2D eigenvalue weighted by molar-refractivity contribution is 5.36. The first-order valence-electron chi connectivity index (χ1n) is 10.5. The number of nitrogens with zero attached hydrogens (tertiary/aromatic N) is 2. The molecule has 0 radical (unpaired) electrons. The molecule has 2 aromatic rings. The molecule has 0 atom stereocenters. The first-order chi connectivity index (χ1) is 14.5. The van der Waals surface area contributed by atoms with Gasteiger partial charge in [-0.3, -0.25) is 15.0 Å². The van der Waals surface area contributed by atoms with Crippen molar-refractivity contribution >= 4 is 5.69 Å². The molecule has 30 heavy (non-hydrogen) atoms. The number of hydrogen-bond acceptors (Lipinski definition) is 6. The fraction of sp³-hybridized carbons (Fsp3) is 0.478. The Morgan fingerprint density at radius 3 is 2.50 bits per heavy atom. The molecule has 7 nitrogen and oxygen atoms in total. The van der Waals surface area contributed by atoms with Crippen molar-refractivity contribution in [1.29, 1.82) is 0 Å². The number of rotatable bonds is 10. The summed E-state index contributed by atoms with van der Waals surface area (Å²) in [5.74, 6) is 1.49. The molecule has 162 valence electrons. The molecular formula is C23H30N2O5. The second kappa shape index (κ2) is 10.9. The van der Waals surface area contributed by atoms with Gasteiger partial charge in [-0.1, -0.05) is 12.1 Å². The Hall–Kier alpha value is -2.64. The minimum atomic E-state index is -0.415. The van der Waals surface area contributed by atoms with E-state index in [4.69, 9.17) is 9.47 Å². The SMILES string of the molecule is COc1cccc(CN(CCCOc2ccc([N+](=O)[O-])cc2)C2CCC(O)CC2)c1. The van der Waals surface area contributed by atoms with Crippen LogP contribution in [-0.2, 0) is 6.54 Å². The number of aliphatic hydroxyl groups is 1. The number of ether oxygens (including phenoxy) is 2. The van der Waals surface area contributed by atoms with Gasteiger partial charge in [0, 0.05) is 31.3 Å². The molecule has 0 bridgehead atoms. The van der Waals surface area contributed by atoms with E-state index in [0.717, 1.165) is 50.9 Å². The molecule has 0 unspecified atom stereocenters. The summed E-state index contributed by atoms with van der Waals surface area (Å²) in [5.41, 5.74) is 1.27. The summed E-state index contributed by atoms with van der Waals surface area (Å²) < 4.78 is 11.1. The van der Waals surface area contributed by atoms with Gasteiger partial charge < -0.3 is 14.6 Å². The third kappa shape index (κ3) is 6.43. The third-order valence-electron chi connectivity index (χ3n) is 5.61. The Kier molecular flexibility index (Phi) is 8.04. The van der Waals surface area contributed by atoms with Crippen molar-refractivity contribution < 1.29 is 19.5 Å². The van der Waals surface area contributed by atoms with Crippen molar-refractivity contribution in [3.8, 4) is 11.5 Å². The van der Waals surface area contributed by atoms with E-state index in [1.165, 1.54) is 17.7 Å². The van der Waals surface area contributed by atoms with Gasteiger partial charge in [-0.25, -0.2) is 0 Å². The number of nitro benzene ring substituents is 1. The van der Waals surface area contributed by atoms with Gasteiger partial charge in [0.15, 0.2) is 0 Å². The van der Waals surface area contributed by atoms with E-state index in [2.05, 4.69) is 17.0 Å². The predicted molar refractivity (Wildman–Crippen MR) is 115 cm³/mol. The summed E-state index contributed by atoms with van der Waals surface area (Å²) in [6.45, 7) is 2.25. The monoisotopic (exact) mass is 414 g/mol. The maximum absolute atomic E-state index is 10.7. The van der Waals surface area contributed by atoms with E-state index in [-0.39, 0.29) is 11.8 Å². The topological polar surface area (TPSA) is 85.1 Å². The molecule has 2 aromatic carbocycles. The first kappa shape index (κ1) is 22.1. The predicted octanol–water partition coefficient (Wildman–Crippen LogP) is 4.18. The summed E-state index contributed by atoms with van der Waals surface area (Å²) in [4.78, 5) is 12.8.